The highest BCUT2D eigenvalue weighted by molar-refractivity contribution is 5.90. The second kappa shape index (κ2) is 8.14. The molecule has 2 aromatic heterocycles. The Morgan fingerprint density at radius 3 is 2.27 bits per heavy atom. The van der Waals surface area contributed by atoms with Crippen molar-refractivity contribution in [3.8, 4) is 34.5 Å². The first-order chi connectivity index (χ1) is 14.5. The zero-order valence-electron chi connectivity index (χ0n) is 16.1. The first-order valence-electron chi connectivity index (χ1n) is 9.17. The second-order valence-electron chi connectivity index (χ2n) is 6.56. The van der Waals surface area contributed by atoms with Crippen molar-refractivity contribution in [2.24, 2.45) is 0 Å². The van der Waals surface area contributed by atoms with E-state index in [-0.39, 0.29) is 17.3 Å². The lowest BCUT2D eigenvalue weighted by molar-refractivity contribution is 0.0382. The highest BCUT2D eigenvalue weighted by atomic mass is 16.7. The molecule has 0 radical (unpaired) electrons. The normalized spacial score (nSPS) is 10.8. The lowest BCUT2D eigenvalue weighted by Gasteiger charge is -2.07. The molecule has 0 amide bonds. The molecule has 2 heterocycles. The second-order valence-corrected chi connectivity index (χ2v) is 6.56. The molecule has 4 rings (SSSR count). The number of aromatic nitrogens is 2. The van der Waals surface area contributed by atoms with Gasteiger partial charge in [-0.05, 0) is 36.9 Å². The van der Waals surface area contributed by atoms with Crippen molar-refractivity contribution in [1.29, 1.82) is 0 Å². The zero-order valence-corrected chi connectivity index (χ0v) is 16.1. The Balaban J connectivity index is 1.48. The summed E-state index contributed by atoms with van der Waals surface area (Å²) in [6, 6.07) is 16.9. The van der Waals surface area contributed by atoms with E-state index >= 15 is 0 Å². The van der Waals surface area contributed by atoms with E-state index in [0.29, 0.717) is 21.9 Å². The Morgan fingerprint density at radius 2 is 1.63 bits per heavy atom. The minimum Gasteiger partial charge on any atom is -0.492 e. The van der Waals surface area contributed by atoms with Crippen LogP contribution in [0.2, 0.25) is 0 Å². The van der Waals surface area contributed by atoms with E-state index < -0.39 is 5.97 Å². The van der Waals surface area contributed by atoms with Crippen LogP contribution in [0.1, 0.15) is 15.9 Å². The van der Waals surface area contributed by atoms with E-state index in [9.17, 15) is 15.0 Å². The standard InChI is InChI=1S/C22H19N3O5/c1-23-12-14-2-4-15(5-3-14)18-13-24-21(29-18)16-6-8-17(9-7-16)22(28)30-25-19(26)10-11-20(25)27/h2-11,13,23,26-27H,12H2,1H3. The number of benzene rings is 2. The van der Waals surface area contributed by atoms with Crippen LogP contribution in [0.4, 0.5) is 0 Å². The molecule has 4 aromatic rings. The largest absolute Gasteiger partial charge is 0.492 e. The van der Waals surface area contributed by atoms with Gasteiger partial charge in [-0.3, -0.25) is 0 Å². The number of aromatic hydroxyl groups is 2. The molecule has 0 aliphatic carbocycles. The molecule has 0 saturated carbocycles. The first kappa shape index (κ1) is 19.3. The van der Waals surface area contributed by atoms with Gasteiger partial charge in [-0.1, -0.05) is 24.3 Å². The van der Waals surface area contributed by atoms with E-state index in [1.165, 1.54) is 17.7 Å². The molecule has 0 fully saturated rings. The van der Waals surface area contributed by atoms with Crippen LogP contribution in [-0.2, 0) is 6.54 Å². The highest BCUT2D eigenvalue weighted by Crippen LogP contribution is 2.27. The van der Waals surface area contributed by atoms with Crippen LogP contribution in [0.15, 0.2) is 71.3 Å². The number of rotatable bonds is 6. The predicted octanol–water partition coefficient (Wildman–Crippen LogP) is 3.21. The Morgan fingerprint density at radius 1 is 1.00 bits per heavy atom. The van der Waals surface area contributed by atoms with Gasteiger partial charge in [-0.25, -0.2) is 9.78 Å². The molecule has 0 saturated heterocycles. The van der Waals surface area contributed by atoms with E-state index in [0.717, 1.165) is 12.1 Å². The fraction of sp³-hybridized carbons (Fsp3) is 0.0909. The summed E-state index contributed by atoms with van der Waals surface area (Å²) in [6.45, 7) is 0.792. The summed E-state index contributed by atoms with van der Waals surface area (Å²) in [7, 11) is 1.90. The van der Waals surface area contributed by atoms with Crippen molar-refractivity contribution in [3.05, 3.63) is 78.0 Å². The molecule has 2 aromatic carbocycles. The lowest BCUT2D eigenvalue weighted by atomic mass is 10.1. The summed E-state index contributed by atoms with van der Waals surface area (Å²) in [5.41, 5.74) is 3.01. The number of carbonyl (C=O) groups is 1. The quantitative estimate of drug-likeness (QED) is 0.452. The summed E-state index contributed by atoms with van der Waals surface area (Å²) in [6.07, 6.45) is 1.65. The summed E-state index contributed by atoms with van der Waals surface area (Å²) >= 11 is 0. The predicted molar refractivity (Wildman–Crippen MR) is 109 cm³/mol. The van der Waals surface area contributed by atoms with Gasteiger partial charge >= 0.3 is 5.97 Å². The van der Waals surface area contributed by atoms with Crippen molar-refractivity contribution in [2.75, 3.05) is 7.05 Å². The number of oxazole rings is 1. The van der Waals surface area contributed by atoms with Gasteiger partial charge in [0.1, 0.15) is 0 Å². The third-order valence-electron chi connectivity index (χ3n) is 4.46. The van der Waals surface area contributed by atoms with Crippen LogP contribution >= 0.6 is 0 Å². The van der Waals surface area contributed by atoms with E-state index in [2.05, 4.69) is 10.3 Å². The van der Waals surface area contributed by atoms with Gasteiger partial charge in [0.15, 0.2) is 5.76 Å². The van der Waals surface area contributed by atoms with Gasteiger partial charge in [-0.15, -0.1) is 4.73 Å². The van der Waals surface area contributed by atoms with Crippen molar-refractivity contribution in [1.82, 2.24) is 15.0 Å². The van der Waals surface area contributed by atoms with Crippen molar-refractivity contribution in [3.63, 3.8) is 0 Å². The molecule has 0 aliphatic rings. The molecule has 8 nitrogen and oxygen atoms in total. The van der Waals surface area contributed by atoms with Gasteiger partial charge < -0.3 is 24.8 Å². The first-order valence-corrected chi connectivity index (χ1v) is 9.17. The number of nitrogens with one attached hydrogen (secondary N) is 1. The number of nitrogens with zero attached hydrogens (tertiary/aromatic N) is 2. The fourth-order valence-corrected chi connectivity index (χ4v) is 2.91. The zero-order chi connectivity index (χ0) is 21.1. The minimum atomic E-state index is -0.738. The van der Waals surface area contributed by atoms with Gasteiger partial charge in [0, 0.05) is 29.8 Å². The summed E-state index contributed by atoms with van der Waals surface area (Å²) in [4.78, 5) is 21.5. The average molecular weight is 405 g/mol. The Bertz CT molecular complexity index is 1140. The van der Waals surface area contributed by atoms with Crippen LogP contribution in [0.25, 0.3) is 22.8 Å². The van der Waals surface area contributed by atoms with Crippen molar-refractivity contribution < 1.29 is 24.3 Å². The minimum absolute atomic E-state index is 0.234. The molecule has 0 aliphatic heterocycles. The molecule has 0 spiro atoms. The Hall–Kier alpha value is -4.04. The SMILES string of the molecule is CNCc1ccc(-c2cnc(-c3ccc(C(=O)On4c(O)ccc4O)cc3)o2)cc1. The molecule has 0 unspecified atom stereocenters. The van der Waals surface area contributed by atoms with Gasteiger partial charge in [0.05, 0.1) is 11.8 Å². The van der Waals surface area contributed by atoms with Crippen LogP contribution in [0, 0.1) is 0 Å². The maximum absolute atomic E-state index is 12.2. The molecule has 30 heavy (non-hydrogen) atoms. The topological polar surface area (TPSA) is 110 Å². The molecular weight excluding hydrogens is 386 g/mol. The van der Waals surface area contributed by atoms with Crippen LogP contribution < -0.4 is 10.2 Å². The number of hydrogen-bond donors (Lipinski definition) is 3. The smallest absolute Gasteiger partial charge is 0.363 e. The molecule has 0 atom stereocenters. The summed E-state index contributed by atoms with van der Waals surface area (Å²) in [5.74, 6) is -0.446. The summed E-state index contributed by atoms with van der Waals surface area (Å²) < 4.78 is 6.50. The van der Waals surface area contributed by atoms with Crippen LogP contribution in [0.3, 0.4) is 0 Å². The number of carbonyl (C=O) groups excluding carboxylic acids is 1. The molecular formula is C22H19N3O5. The molecule has 0 bridgehead atoms. The fourth-order valence-electron chi connectivity index (χ4n) is 2.91. The van der Waals surface area contributed by atoms with E-state index in [4.69, 9.17) is 9.25 Å². The lowest BCUT2D eigenvalue weighted by Crippen LogP contribution is -2.18. The van der Waals surface area contributed by atoms with Crippen molar-refractivity contribution in [2.45, 2.75) is 6.54 Å². The molecule has 8 heteroatoms. The van der Waals surface area contributed by atoms with Crippen molar-refractivity contribution >= 4 is 5.97 Å². The monoisotopic (exact) mass is 405 g/mol. The molecule has 152 valence electrons. The van der Waals surface area contributed by atoms with Gasteiger partial charge in [0.2, 0.25) is 17.7 Å². The summed E-state index contributed by atoms with van der Waals surface area (Å²) in [5, 5.41) is 22.2. The molecule has 3 N–H and O–H groups in total. The van der Waals surface area contributed by atoms with Gasteiger partial charge in [0.25, 0.3) is 0 Å². The van der Waals surface area contributed by atoms with E-state index in [1.807, 2.05) is 31.3 Å². The van der Waals surface area contributed by atoms with Crippen LogP contribution in [0.5, 0.6) is 11.8 Å². The number of hydrogen-bond acceptors (Lipinski definition) is 7. The average Bonchev–Trinajstić information content (AvgIpc) is 3.37. The third kappa shape index (κ3) is 3.89. The Kier molecular flexibility index (Phi) is 5.23. The van der Waals surface area contributed by atoms with Gasteiger partial charge in [-0.2, -0.15) is 0 Å². The third-order valence-corrected chi connectivity index (χ3v) is 4.46. The van der Waals surface area contributed by atoms with Crippen LogP contribution in [-0.4, -0.2) is 32.9 Å². The van der Waals surface area contributed by atoms with E-state index in [1.54, 1.807) is 30.5 Å². The highest BCUT2D eigenvalue weighted by Gasteiger charge is 2.15. The maximum atomic E-state index is 12.2. The maximum Gasteiger partial charge on any atom is 0.363 e. The Labute approximate surface area is 171 Å².